The van der Waals surface area contributed by atoms with E-state index in [2.05, 4.69) is 15.3 Å². The number of nitrogens with one attached hydrogen (secondary N) is 2. The largest absolute Gasteiger partial charge is 0.356 e. The highest BCUT2D eigenvalue weighted by Gasteiger charge is 2.20. The van der Waals surface area contributed by atoms with Gasteiger partial charge >= 0.3 is 0 Å². The number of nitrogens with zero attached hydrogens (tertiary/aromatic N) is 1. The fourth-order valence-corrected chi connectivity index (χ4v) is 3.03. The summed E-state index contributed by atoms with van der Waals surface area (Å²) in [5, 5.41) is 3.78. The van der Waals surface area contributed by atoms with Gasteiger partial charge in [-0.05, 0) is 49.3 Å². The summed E-state index contributed by atoms with van der Waals surface area (Å²) in [7, 11) is 0. The lowest BCUT2D eigenvalue weighted by atomic mass is 9.90. The zero-order valence-corrected chi connectivity index (χ0v) is 13.2. The summed E-state index contributed by atoms with van der Waals surface area (Å²) in [6.45, 7) is 0.748. The van der Waals surface area contributed by atoms with Gasteiger partial charge in [-0.15, -0.1) is 0 Å². The molecule has 2 N–H and O–H groups in total. The van der Waals surface area contributed by atoms with Crippen LogP contribution in [0.1, 0.15) is 32.6 Å². The standard InChI is InChI=1S/C17H20ClN3O.2H2/c18-14-5-1-12(2-6-14)4-8-17(22)19-10-13-3-7-15-16(9-13)21-11-20-15;;/h1-2,5-6,11,13H,3-4,7-10H2,(H,19,22)(H,20,21);2*1H. The molecule has 1 atom stereocenters. The van der Waals surface area contributed by atoms with Crippen molar-refractivity contribution in [3.8, 4) is 0 Å². The van der Waals surface area contributed by atoms with Gasteiger partial charge in [0, 0.05) is 26.5 Å². The van der Waals surface area contributed by atoms with Gasteiger partial charge in [0.05, 0.1) is 12.0 Å². The number of carbonyl (C=O) groups excluding carboxylic acids is 1. The average Bonchev–Trinajstić information content (AvgIpc) is 3.00. The summed E-state index contributed by atoms with van der Waals surface area (Å²) in [5.74, 6) is 0.623. The van der Waals surface area contributed by atoms with Gasteiger partial charge in [0.15, 0.2) is 0 Å². The summed E-state index contributed by atoms with van der Waals surface area (Å²) in [6, 6.07) is 7.66. The molecule has 120 valence electrons. The second-order valence-electron chi connectivity index (χ2n) is 5.87. The van der Waals surface area contributed by atoms with Crippen molar-refractivity contribution in [3.05, 3.63) is 52.6 Å². The molecule has 0 bridgehead atoms. The van der Waals surface area contributed by atoms with E-state index in [-0.39, 0.29) is 8.76 Å². The van der Waals surface area contributed by atoms with Crippen molar-refractivity contribution in [3.63, 3.8) is 0 Å². The molecule has 1 aromatic heterocycles. The van der Waals surface area contributed by atoms with Crippen LogP contribution in [-0.4, -0.2) is 22.4 Å². The van der Waals surface area contributed by atoms with Crippen LogP contribution in [0.4, 0.5) is 0 Å². The zero-order valence-electron chi connectivity index (χ0n) is 12.4. The molecule has 0 aliphatic heterocycles. The maximum Gasteiger partial charge on any atom is 0.220 e. The van der Waals surface area contributed by atoms with Crippen LogP contribution < -0.4 is 5.32 Å². The summed E-state index contributed by atoms with van der Waals surface area (Å²) in [4.78, 5) is 19.5. The van der Waals surface area contributed by atoms with Crippen LogP contribution in [0, 0.1) is 5.92 Å². The van der Waals surface area contributed by atoms with E-state index in [4.69, 9.17) is 11.6 Å². The Morgan fingerprint density at radius 3 is 3.05 bits per heavy atom. The fourth-order valence-electron chi connectivity index (χ4n) is 2.90. The van der Waals surface area contributed by atoms with Crippen molar-refractivity contribution < 1.29 is 7.65 Å². The Bertz CT molecular complexity index is 646. The Morgan fingerprint density at radius 2 is 2.23 bits per heavy atom. The van der Waals surface area contributed by atoms with Crippen molar-refractivity contribution in [2.75, 3.05) is 6.54 Å². The number of carbonyl (C=O) groups is 1. The third kappa shape index (κ3) is 3.89. The number of aromatic nitrogens is 2. The maximum atomic E-state index is 12.0. The molecule has 1 aliphatic carbocycles. The van der Waals surface area contributed by atoms with Crippen molar-refractivity contribution in [1.29, 1.82) is 0 Å². The van der Waals surface area contributed by atoms with Crippen LogP contribution in [-0.2, 0) is 24.1 Å². The molecule has 1 aliphatic rings. The summed E-state index contributed by atoms with van der Waals surface area (Å²) < 4.78 is 0. The maximum absolute atomic E-state index is 12.0. The second-order valence-corrected chi connectivity index (χ2v) is 6.30. The summed E-state index contributed by atoms with van der Waals surface area (Å²) in [6.07, 6.45) is 6.10. The minimum Gasteiger partial charge on any atom is -0.356 e. The normalized spacial score (nSPS) is 17.0. The third-order valence-corrected chi connectivity index (χ3v) is 4.48. The van der Waals surface area contributed by atoms with Gasteiger partial charge in [0.1, 0.15) is 0 Å². The molecular formula is C17H24ClN3O. The Morgan fingerprint density at radius 1 is 1.41 bits per heavy atom. The first-order chi connectivity index (χ1) is 10.7. The van der Waals surface area contributed by atoms with Gasteiger partial charge in [-0.3, -0.25) is 4.79 Å². The van der Waals surface area contributed by atoms with Crippen LogP contribution in [0.15, 0.2) is 30.6 Å². The van der Waals surface area contributed by atoms with Crippen LogP contribution in [0.25, 0.3) is 0 Å². The van der Waals surface area contributed by atoms with Gasteiger partial charge in [-0.25, -0.2) is 4.98 Å². The van der Waals surface area contributed by atoms with Crippen LogP contribution in [0.5, 0.6) is 0 Å². The molecule has 0 radical (unpaired) electrons. The first-order valence-electron chi connectivity index (χ1n) is 7.73. The summed E-state index contributed by atoms with van der Waals surface area (Å²) in [5.41, 5.74) is 3.55. The van der Waals surface area contributed by atoms with E-state index >= 15 is 0 Å². The lowest BCUT2D eigenvalue weighted by Crippen LogP contribution is -2.32. The van der Waals surface area contributed by atoms with E-state index < -0.39 is 0 Å². The molecule has 1 unspecified atom stereocenters. The fraction of sp³-hybridized carbons (Fsp3) is 0.412. The molecular weight excluding hydrogens is 298 g/mol. The predicted molar refractivity (Wildman–Crippen MR) is 91.1 cm³/mol. The quantitative estimate of drug-likeness (QED) is 0.886. The number of halogens is 1. The molecule has 0 saturated heterocycles. The zero-order chi connectivity index (χ0) is 15.4. The summed E-state index contributed by atoms with van der Waals surface area (Å²) >= 11 is 5.85. The van der Waals surface area contributed by atoms with Crippen molar-refractivity contribution in [2.45, 2.75) is 32.1 Å². The molecule has 2 aromatic rings. The second kappa shape index (κ2) is 6.97. The Balaban J connectivity index is 0.00000144. The molecule has 5 heteroatoms. The predicted octanol–water partition coefficient (Wildman–Crippen LogP) is 3.41. The first kappa shape index (κ1) is 15.1. The Kier molecular flexibility index (Phi) is 4.78. The number of rotatable bonds is 5. The third-order valence-electron chi connectivity index (χ3n) is 4.23. The molecule has 1 heterocycles. The van der Waals surface area contributed by atoms with E-state index in [0.717, 1.165) is 42.8 Å². The molecule has 0 saturated carbocycles. The minimum absolute atomic E-state index is 0. The van der Waals surface area contributed by atoms with E-state index in [0.29, 0.717) is 12.3 Å². The van der Waals surface area contributed by atoms with Gasteiger partial charge in [0.2, 0.25) is 5.91 Å². The number of aromatic amines is 1. The monoisotopic (exact) mass is 321 g/mol. The number of amides is 1. The minimum atomic E-state index is 0. The van der Waals surface area contributed by atoms with Crippen LogP contribution in [0.2, 0.25) is 5.02 Å². The number of H-pyrrole nitrogens is 1. The van der Waals surface area contributed by atoms with Gasteiger partial charge in [-0.1, -0.05) is 23.7 Å². The van der Waals surface area contributed by atoms with E-state index in [1.165, 1.54) is 11.4 Å². The molecule has 1 amide bonds. The number of benzene rings is 1. The van der Waals surface area contributed by atoms with Crippen molar-refractivity contribution in [1.82, 2.24) is 15.3 Å². The average molecular weight is 322 g/mol. The van der Waals surface area contributed by atoms with E-state index in [1.54, 1.807) is 6.33 Å². The lowest BCUT2D eigenvalue weighted by Gasteiger charge is -2.21. The highest BCUT2D eigenvalue weighted by Crippen LogP contribution is 2.22. The number of hydrogen-bond acceptors (Lipinski definition) is 2. The lowest BCUT2D eigenvalue weighted by molar-refractivity contribution is -0.121. The Labute approximate surface area is 138 Å². The number of hydrogen-bond donors (Lipinski definition) is 2. The molecule has 22 heavy (non-hydrogen) atoms. The molecule has 3 rings (SSSR count). The number of imidazole rings is 1. The van der Waals surface area contributed by atoms with Gasteiger partial charge < -0.3 is 10.3 Å². The highest BCUT2D eigenvalue weighted by atomic mass is 35.5. The van der Waals surface area contributed by atoms with Gasteiger partial charge in [-0.2, -0.15) is 0 Å². The molecule has 0 spiro atoms. The topological polar surface area (TPSA) is 57.8 Å². The Hall–Kier alpha value is -1.81. The SMILES string of the molecule is O=C(CCc1ccc(Cl)cc1)NCC1CCc2nc[nH]c2C1.[HH].[HH]. The van der Waals surface area contributed by atoms with E-state index in [1.807, 2.05) is 24.3 Å². The van der Waals surface area contributed by atoms with Gasteiger partial charge in [0.25, 0.3) is 0 Å². The van der Waals surface area contributed by atoms with Crippen LogP contribution >= 0.6 is 11.6 Å². The highest BCUT2D eigenvalue weighted by molar-refractivity contribution is 6.30. The van der Waals surface area contributed by atoms with Crippen molar-refractivity contribution >= 4 is 17.5 Å². The first-order valence-corrected chi connectivity index (χ1v) is 8.11. The molecule has 0 fully saturated rings. The smallest absolute Gasteiger partial charge is 0.220 e. The van der Waals surface area contributed by atoms with E-state index in [9.17, 15) is 4.79 Å². The number of aryl methyl sites for hydroxylation is 2. The number of fused-ring (bicyclic) bond motifs is 1. The molecule has 4 nitrogen and oxygen atoms in total. The van der Waals surface area contributed by atoms with Crippen LogP contribution in [0.3, 0.4) is 0 Å². The van der Waals surface area contributed by atoms with Crippen molar-refractivity contribution in [2.24, 2.45) is 5.92 Å². The molecule has 1 aromatic carbocycles.